The van der Waals surface area contributed by atoms with E-state index in [4.69, 9.17) is 9.47 Å². The summed E-state index contributed by atoms with van der Waals surface area (Å²) in [5.74, 6) is 0.927. The van der Waals surface area contributed by atoms with Gasteiger partial charge in [0.05, 0.1) is 6.61 Å². The van der Waals surface area contributed by atoms with Crippen molar-refractivity contribution in [1.29, 1.82) is 0 Å². The maximum atomic E-state index is 5.46. The van der Waals surface area contributed by atoms with Gasteiger partial charge in [-0.1, -0.05) is 17.7 Å². The Balaban J connectivity index is 1.89. The first-order valence-electron chi connectivity index (χ1n) is 4.16. The van der Waals surface area contributed by atoms with E-state index in [9.17, 15) is 0 Å². The summed E-state index contributed by atoms with van der Waals surface area (Å²) in [5.41, 5.74) is 1.25. The van der Waals surface area contributed by atoms with Gasteiger partial charge in [-0.05, 0) is 19.1 Å². The molecule has 0 unspecified atom stereocenters. The number of rotatable bonds is 3. The van der Waals surface area contributed by atoms with E-state index in [1.807, 2.05) is 24.3 Å². The molecule has 0 spiro atoms. The van der Waals surface area contributed by atoms with Crippen LogP contribution in [0.25, 0.3) is 0 Å². The van der Waals surface area contributed by atoms with Crippen molar-refractivity contribution in [3.05, 3.63) is 29.8 Å². The third-order valence-electron chi connectivity index (χ3n) is 1.86. The minimum Gasteiger partial charge on any atom is -0.491 e. The fourth-order valence-corrected chi connectivity index (χ4v) is 0.988. The molecule has 0 amide bonds. The number of hydrogen-bond acceptors (Lipinski definition) is 2. The molecule has 1 aliphatic heterocycles. The van der Waals surface area contributed by atoms with Gasteiger partial charge >= 0.3 is 0 Å². The molecule has 1 fully saturated rings. The van der Waals surface area contributed by atoms with Crippen molar-refractivity contribution in [2.45, 2.75) is 13.0 Å². The Morgan fingerprint density at radius 1 is 1.42 bits per heavy atom. The van der Waals surface area contributed by atoms with Gasteiger partial charge in [0.2, 0.25) is 0 Å². The van der Waals surface area contributed by atoms with Crippen LogP contribution in [0.3, 0.4) is 0 Å². The predicted molar refractivity (Wildman–Crippen MR) is 46.4 cm³/mol. The molecular weight excluding hydrogens is 152 g/mol. The zero-order chi connectivity index (χ0) is 8.39. The van der Waals surface area contributed by atoms with Gasteiger partial charge in [-0.3, -0.25) is 0 Å². The van der Waals surface area contributed by atoms with E-state index in [0.717, 1.165) is 12.4 Å². The fraction of sp³-hybridized carbons (Fsp3) is 0.400. The summed E-state index contributed by atoms with van der Waals surface area (Å²) in [5, 5.41) is 0. The molecule has 0 saturated carbocycles. The zero-order valence-corrected chi connectivity index (χ0v) is 7.12. The van der Waals surface area contributed by atoms with Gasteiger partial charge in [0.1, 0.15) is 18.5 Å². The van der Waals surface area contributed by atoms with Crippen LogP contribution in [0.5, 0.6) is 5.75 Å². The first-order chi connectivity index (χ1) is 5.84. The Morgan fingerprint density at radius 2 is 2.08 bits per heavy atom. The van der Waals surface area contributed by atoms with Crippen LogP contribution >= 0.6 is 0 Å². The van der Waals surface area contributed by atoms with E-state index >= 15 is 0 Å². The average molecular weight is 164 g/mol. The zero-order valence-electron chi connectivity index (χ0n) is 7.12. The van der Waals surface area contributed by atoms with Crippen molar-refractivity contribution in [1.82, 2.24) is 0 Å². The van der Waals surface area contributed by atoms with Crippen LogP contribution in [0.4, 0.5) is 0 Å². The van der Waals surface area contributed by atoms with E-state index in [2.05, 4.69) is 6.92 Å². The number of benzene rings is 1. The lowest BCUT2D eigenvalue weighted by atomic mass is 10.2. The number of aryl methyl sites for hydroxylation is 1. The van der Waals surface area contributed by atoms with Gasteiger partial charge in [-0.25, -0.2) is 0 Å². The fourth-order valence-electron chi connectivity index (χ4n) is 0.988. The third kappa shape index (κ3) is 1.98. The van der Waals surface area contributed by atoms with Crippen LogP contribution in [-0.4, -0.2) is 19.3 Å². The topological polar surface area (TPSA) is 21.8 Å². The van der Waals surface area contributed by atoms with Crippen molar-refractivity contribution >= 4 is 0 Å². The van der Waals surface area contributed by atoms with Gasteiger partial charge in [0.25, 0.3) is 0 Å². The first-order valence-corrected chi connectivity index (χ1v) is 4.16. The van der Waals surface area contributed by atoms with E-state index in [0.29, 0.717) is 12.7 Å². The normalized spacial score (nSPS) is 20.6. The molecule has 0 N–H and O–H groups in total. The van der Waals surface area contributed by atoms with Crippen LogP contribution in [0.1, 0.15) is 5.56 Å². The minimum absolute atomic E-state index is 0.339. The van der Waals surface area contributed by atoms with Gasteiger partial charge in [-0.2, -0.15) is 0 Å². The monoisotopic (exact) mass is 164 g/mol. The van der Waals surface area contributed by atoms with Crippen molar-refractivity contribution in [2.24, 2.45) is 0 Å². The van der Waals surface area contributed by atoms with E-state index in [1.165, 1.54) is 5.56 Å². The number of epoxide rings is 1. The molecule has 2 heteroatoms. The van der Waals surface area contributed by atoms with E-state index in [1.54, 1.807) is 0 Å². The molecule has 0 aliphatic carbocycles. The highest BCUT2D eigenvalue weighted by molar-refractivity contribution is 5.26. The largest absolute Gasteiger partial charge is 0.491 e. The van der Waals surface area contributed by atoms with E-state index in [-0.39, 0.29) is 0 Å². The summed E-state index contributed by atoms with van der Waals surface area (Å²) in [6, 6.07) is 8.06. The Hall–Kier alpha value is -1.02. The number of ether oxygens (including phenoxy) is 2. The van der Waals surface area contributed by atoms with Crippen molar-refractivity contribution in [2.75, 3.05) is 13.2 Å². The maximum absolute atomic E-state index is 5.46. The summed E-state index contributed by atoms with van der Waals surface area (Å²) in [4.78, 5) is 0. The van der Waals surface area contributed by atoms with Crippen LogP contribution in [0, 0.1) is 6.92 Å². The van der Waals surface area contributed by atoms with Crippen molar-refractivity contribution < 1.29 is 9.47 Å². The average Bonchev–Trinajstić information content (AvgIpc) is 2.87. The molecule has 1 aliphatic rings. The Bertz CT molecular complexity index is 249. The van der Waals surface area contributed by atoms with Gasteiger partial charge in [-0.15, -0.1) is 0 Å². The summed E-state index contributed by atoms with van der Waals surface area (Å²) >= 11 is 0. The molecular formula is C10H12O2. The van der Waals surface area contributed by atoms with Crippen molar-refractivity contribution in [3.63, 3.8) is 0 Å². The molecule has 0 bridgehead atoms. The smallest absolute Gasteiger partial charge is 0.119 e. The number of hydrogen-bond donors (Lipinski definition) is 0. The summed E-state index contributed by atoms with van der Waals surface area (Å²) in [6.07, 6.45) is 0.339. The quantitative estimate of drug-likeness (QED) is 0.635. The highest BCUT2D eigenvalue weighted by atomic mass is 16.6. The SMILES string of the molecule is Cc1ccc(OC[C@@H]2CO2)cc1. The molecule has 2 nitrogen and oxygen atoms in total. The van der Waals surface area contributed by atoms with E-state index < -0.39 is 0 Å². The van der Waals surface area contributed by atoms with Crippen molar-refractivity contribution in [3.8, 4) is 5.75 Å². The standard InChI is InChI=1S/C10H12O2/c1-8-2-4-9(5-3-8)11-6-10-7-12-10/h2-5,10H,6-7H2,1H3/t10-/m1/s1. The van der Waals surface area contributed by atoms with Crippen LogP contribution in [0.2, 0.25) is 0 Å². The lowest BCUT2D eigenvalue weighted by Gasteiger charge is -2.03. The molecule has 2 rings (SSSR count). The molecule has 1 heterocycles. The van der Waals surface area contributed by atoms with Gasteiger partial charge < -0.3 is 9.47 Å². The molecule has 1 saturated heterocycles. The lowest BCUT2D eigenvalue weighted by Crippen LogP contribution is -2.03. The van der Waals surface area contributed by atoms with Crippen LogP contribution < -0.4 is 4.74 Å². The maximum Gasteiger partial charge on any atom is 0.119 e. The molecule has 1 atom stereocenters. The second-order valence-electron chi connectivity index (χ2n) is 3.08. The third-order valence-corrected chi connectivity index (χ3v) is 1.86. The second-order valence-corrected chi connectivity index (χ2v) is 3.08. The second kappa shape index (κ2) is 3.15. The molecule has 0 radical (unpaired) electrons. The van der Waals surface area contributed by atoms with Gasteiger partial charge in [0, 0.05) is 0 Å². The Labute approximate surface area is 72.1 Å². The van der Waals surface area contributed by atoms with Gasteiger partial charge in [0.15, 0.2) is 0 Å². The highest BCUT2D eigenvalue weighted by Gasteiger charge is 2.22. The molecule has 64 valence electrons. The molecule has 0 aromatic heterocycles. The molecule has 12 heavy (non-hydrogen) atoms. The summed E-state index contributed by atoms with van der Waals surface area (Å²) < 4.78 is 10.5. The summed E-state index contributed by atoms with van der Waals surface area (Å²) in [7, 11) is 0. The summed E-state index contributed by atoms with van der Waals surface area (Å²) in [6.45, 7) is 3.60. The minimum atomic E-state index is 0.339. The lowest BCUT2D eigenvalue weighted by molar-refractivity contribution is 0.263. The Kier molecular flexibility index (Phi) is 2.00. The predicted octanol–water partition coefficient (Wildman–Crippen LogP) is 1.77. The molecule has 1 aromatic rings. The highest BCUT2D eigenvalue weighted by Crippen LogP contribution is 2.15. The first kappa shape index (κ1) is 7.62. The van der Waals surface area contributed by atoms with Crippen LogP contribution in [0.15, 0.2) is 24.3 Å². The van der Waals surface area contributed by atoms with Crippen LogP contribution in [-0.2, 0) is 4.74 Å². The Morgan fingerprint density at radius 3 is 2.67 bits per heavy atom. The molecule has 1 aromatic carbocycles.